The molecule has 0 aromatic heterocycles. The highest BCUT2D eigenvalue weighted by atomic mass is 32.2. The van der Waals surface area contributed by atoms with E-state index in [1.165, 1.54) is 0 Å². The van der Waals surface area contributed by atoms with Crippen LogP contribution in [0.1, 0.15) is 39.5 Å². The zero-order valence-corrected chi connectivity index (χ0v) is 12.9. The lowest BCUT2D eigenvalue weighted by atomic mass is 10.2. The molecule has 0 rings (SSSR count). The predicted octanol–water partition coefficient (Wildman–Crippen LogP) is 2.28. The normalized spacial score (nSPS) is 15.7. The Balaban J connectivity index is 4.83. The molecule has 0 aliphatic heterocycles. The number of carboxylic acids is 2. The number of hydrogen-bond acceptors (Lipinski definition) is 5. The van der Waals surface area contributed by atoms with Crippen molar-refractivity contribution in [1.29, 1.82) is 0 Å². The van der Waals surface area contributed by atoms with Crippen molar-refractivity contribution < 1.29 is 24.9 Å². The fourth-order valence-corrected chi connectivity index (χ4v) is 4.01. The number of aliphatic carboxylic acids is 2. The summed E-state index contributed by atoms with van der Waals surface area (Å²) in [4.78, 5) is 20.2. The van der Waals surface area contributed by atoms with E-state index in [1.54, 1.807) is 0 Å². The van der Waals surface area contributed by atoms with Gasteiger partial charge in [0.05, 0.1) is 0 Å². The Bertz CT molecular complexity index is 298. The summed E-state index contributed by atoms with van der Waals surface area (Å²) in [7, 11) is 0. The molecule has 0 heterocycles. The Kier molecular flexibility index (Phi) is 9.30. The number of hydrogen-bond donors (Lipinski definition) is 3. The van der Waals surface area contributed by atoms with E-state index in [0.29, 0.717) is 11.5 Å². The molecule has 0 saturated heterocycles. The van der Waals surface area contributed by atoms with Crippen LogP contribution in [0.4, 0.5) is 0 Å². The van der Waals surface area contributed by atoms with Crippen molar-refractivity contribution >= 4 is 35.5 Å². The molecule has 112 valence electrons. The molecular formula is C12H22O5S2. The van der Waals surface area contributed by atoms with Crippen molar-refractivity contribution in [2.45, 2.75) is 49.7 Å². The van der Waals surface area contributed by atoms with Gasteiger partial charge in [-0.2, -0.15) is 0 Å². The Morgan fingerprint density at radius 2 is 1.63 bits per heavy atom. The quantitative estimate of drug-likeness (QED) is 0.398. The maximum atomic E-state index is 11.2. The van der Waals surface area contributed by atoms with Gasteiger partial charge < -0.3 is 15.3 Å². The lowest BCUT2D eigenvalue weighted by Gasteiger charge is -2.28. The Morgan fingerprint density at radius 3 is 2.05 bits per heavy atom. The molecule has 0 radical (unpaired) electrons. The van der Waals surface area contributed by atoms with Crippen LogP contribution in [0.5, 0.6) is 0 Å². The first-order valence-electron chi connectivity index (χ1n) is 6.34. The molecule has 5 nitrogen and oxygen atoms in total. The van der Waals surface area contributed by atoms with Crippen LogP contribution < -0.4 is 0 Å². The second kappa shape index (κ2) is 9.50. The number of carboxylic acid groups (broad SMARTS) is 2. The summed E-state index contributed by atoms with van der Waals surface area (Å²) in [6, 6.07) is 0. The monoisotopic (exact) mass is 310 g/mol. The van der Waals surface area contributed by atoms with Crippen molar-refractivity contribution in [3.63, 3.8) is 0 Å². The minimum absolute atomic E-state index is 0.428. The predicted molar refractivity (Wildman–Crippen MR) is 78.7 cm³/mol. The highest BCUT2D eigenvalue weighted by Gasteiger charge is 2.49. The summed E-state index contributed by atoms with van der Waals surface area (Å²) < 4.78 is 0. The Morgan fingerprint density at radius 1 is 1.11 bits per heavy atom. The molecule has 2 unspecified atom stereocenters. The van der Waals surface area contributed by atoms with E-state index in [4.69, 9.17) is 10.2 Å². The maximum absolute atomic E-state index is 11.2. The highest BCUT2D eigenvalue weighted by molar-refractivity contribution is 8.05. The smallest absolute Gasteiger partial charge is 0.348 e. The van der Waals surface area contributed by atoms with Crippen molar-refractivity contribution in [2.75, 3.05) is 11.5 Å². The zero-order chi connectivity index (χ0) is 14.9. The molecule has 0 spiro atoms. The molecule has 3 N–H and O–H groups in total. The second-order valence-corrected chi connectivity index (χ2v) is 6.68. The van der Waals surface area contributed by atoms with E-state index in [2.05, 4.69) is 0 Å². The average Bonchev–Trinajstić information content (AvgIpc) is 2.34. The van der Waals surface area contributed by atoms with Gasteiger partial charge in [0.15, 0.2) is 5.25 Å². The second-order valence-electron chi connectivity index (χ2n) is 4.15. The van der Waals surface area contributed by atoms with Crippen molar-refractivity contribution in [3.05, 3.63) is 0 Å². The highest BCUT2D eigenvalue weighted by Crippen LogP contribution is 2.35. The number of aliphatic hydroxyl groups is 1. The van der Waals surface area contributed by atoms with E-state index in [1.807, 2.05) is 13.8 Å². The topological polar surface area (TPSA) is 94.8 Å². The van der Waals surface area contributed by atoms with Crippen LogP contribution in [0.25, 0.3) is 0 Å². The Labute approximate surface area is 122 Å². The first kappa shape index (κ1) is 18.6. The third-order valence-electron chi connectivity index (χ3n) is 2.49. The van der Waals surface area contributed by atoms with Gasteiger partial charge >= 0.3 is 11.9 Å². The molecule has 0 bridgehead atoms. The number of rotatable bonds is 11. The third-order valence-corrected chi connectivity index (χ3v) is 5.38. The molecule has 7 heteroatoms. The zero-order valence-electron chi connectivity index (χ0n) is 11.3. The van der Waals surface area contributed by atoms with Crippen molar-refractivity contribution in [1.82, 2.24) is 0 Å². The van der Waals surface area contributed by atoms with Crippen LogP contribution in [0, 0.1) is 0 Å². The molecule has 19 heavy (non-hydrogen) atoms. The van der Waals surface area contributed by atoms with Gasteiger partial charge in [0.25, 0.3) is 0 Å². The molecule has 0 fully saturated rings. The van der Waals surface area contributed by atoms with Crippen LogP contribution in [0.3, 0.4) is 0 Å². The lowest BCUT2D eigenvalue weighted by molar-refractivity contribution is -0.155. The van der Waals surface area contributed by atoms with Gasteiger partial charge in [-0.3, -0.25) is 4.79 Å². The third kappa shape index (κ3) is 6.05. The minimum Gasteiger partial charge on any atom is -0.480 e. The van der Waals surface area contributed by atoms with Crippen LogP contribution in [0.2, 0.25) is 0 Å². The Hall–Kier alpha value is -0.400. The minimum atomic E-state index is -2.26. The summed E-state index contributed by atoms with van der Waals surface area (Å²) >= 11 is 1.80. The van der Waals surface area contributed by atoms with E-state index in [9.17, 15) is 14.7 Å². The van der Waals surface area contributed by atoms with Gasteiger partial charge in [-0.15, -0.1) is 23.5 Å². The molecule has 0 aliphatic carbocycles. The fraction of sp³-hybridized carbons (Fsp3) is 0.833. The largest absolute Gasteiger partial charge is 0.480 e. The van der Waals surface area contributed by atoms with Crippen LogP contribution in [-0.2, 0) is 9.59 Å². The van der Waals surface area contributed by atoms with Gasteiger partial charge in [-0.05, 0) is 24.3 Å². The van der Waals surface area contributed by atoms with Crippen LogP contribution in [-0.4, -0.2) is 48.9 Å². The summed E-state index contributed by atoms with van der Waals surface area (Å²) in [6.45, 7) is 3.92. The van der Waals surface area contributed by atoms with Crippen molar-refractivity contribution in [3.8, 4) is 0 Å². The molecule has 0 aromatic carbocycles. The van der Waals surface area contributed by atoms with E-state index < -0.39 is 22.1 Å². The lowest BCUT2D eigenvalue weighted by Crippen LogP contribution is -2.49. The maximum Gasteiger partial charge on any atom is 0.348 e. The van der Waals surface area contributed by atoms with Crippen LogP contribution in [0.15, 0.2) is 0 Å². The standard InChI is InChI=1S/C12H22O5S2/c1-3-5-7-18-9(10(13)14)12(17,11(15)16)19-8-6-4-2/h9,17H,3-8H2,1-2H3,(H,13,14)(H,15,16). The first-order chi connectivity index (χ1) is 8.90. The number of thioether (sulfide) groups is 2. The van der Waals surface area contributed by atoms with Gasteiger partial charge in [0, 0.05) is 0 Å². The summed E-state index contributed by atoms with van der Waals surface area (Å²) in [5.74, 6) is -1.81. The van der Waals surface area contributed by atoms with E-state index in [-0.39, 0.29) is 0 Å². The van der Waals surface area contributed by atoms with Gasteiger partial charge in [0.2, 0.25) is 4.93 Å². The molecule has 0 saturated carbocycles. The molecular weight excluding hydrogens is 288 g/mol. The van der Waals surface area contributed by atoms with Crippen molar-refractivity contribution in [2.24, 2.45) is 0 Å². The SMILES string of the molecule is CCCCSC(C(=O)O)C(O)(SCCCC)C(=O)O. The summed E-state index contributed by atoms with van der Waals surface area (Å²) in [5.41, 5.74) is 0. The van der Waals surface area contributed by atoms with Gasteiger partial charge in [-0.25, -0.2) is 4.79 Å². The number of unbranched alkanes of at least 4 members (excludes halogenated alkanes) is 2. The molecule has 0 amide bonds. The number of carbonyl (C=O) groups is 2. The summed E-state index contributed by atoms with van der Waals surface area (Å²) in [6.07, 6.45) is 3.30. The molecule has 0 aliphatic rings. The average molecular weight is 310 g/mol. The van der Waals surface area contributed by atoms with Gasteiger partial charge in [-0.1, -0.05) is 26.7 Å². The van der Waals surface area contributed by atoms with E-state index in [0.717, 1.165) is 49.2 Å². The molecule has 0 aromatic rings. The molecule has 2 atom stereocenters. The fourth-order valence-electron chi connectivity index (χ4n) is 1.32. The van der Waals surface area contributed by atoms with E-state index >= 15 is 0 Å². The summed E-state index contributed by atoms with van der Waals surface area (Å²) in [5, 5.41) is 27.2. The van der Waals surface area contributed by atoms with Gasteiger partial charge in [0.1, 0.15) is 0 Å². The van der Waals surface area contributed by atoms with Crippen LogP contribution >= 0.6 is 23.5 Å². The first-order valence-corrected chi connectivity index (χ1v) is 8.37.